The maximum atomic E-state index is 11.4. The topological polar surface area (TPSA) is 41.9 Å². The third-order valence-corrected chi connectivity index (χ3v) is 5.91. The van der Waals surface area contributed by atoms with Gasteiger partial charge in [0.25, 0.3) is 0 Å². The molecule has 2 aromatic carbocycles. The van der Waals surface area contributed by atoms with E-state index in [1.54, 1.807) is 14.2 Å². The molecule has 1 atom stereocenters. The number of rotatable bonds is 6. The van der Waals surface area contributed by atoms with E-state index in [1.807, 2.05) is 18.2 Å². The maximum Gasteiger partial charge on any atom is 0.125 e. The smallest absolute Gasteiger partial charge is 0.125 e. The third-order valence-electron chi connectivity index (χ3n) is 5.91. The zero-order valence-corrected chi connectivity index (χ0v) is 18.0. The minimum absolute atomic E-state index is 0. The van der Waals surface area contributed by atoms with Gasteiger partial charge in [-0.1, -0.05) is 30.3 Å². The molecular weight excluding hydrogens is 374 g/mol. The Labute approximate surface area is 174 Å². The van der Waals surface area contributed by atoms with Crippen molar-refractivity contribution in [3.63, 3.8) is 0 Å². The van der Waals surface area contributed by atoms with E-state index in [9.17, 15) is 5.11 Å². The Morgan fingerprint density at radius 3 is 2.18 bits per heavy atom. The second kappa shape index (κ2) is 9.64. The summed E-state index contributed by atoms with van der Waals surface area (Å²) in [7, 11) is 7.58. The van der Waals surface area contributed by atoms with Crippen LogP contribution >= 0.6 is 12.4 Å². The molecule has 28 heavy (non-hydrogen) atoms. The van der Waals surface area contributed by atoms with Crippen LogP contribution in [0.2, 0.25) is 0 Å². The normalized spacial score (nSPS) is 23.0. The van der Waals surface area contributed by atoms with Crippen molar-refractivity contribution in [3.05, 3.63) is 59.7 Å². The number of benzene rings is 2. The summed E-state index contributed by atoms with van der Waals surface area (Å²) in [4.78, 5) is 2.30. The highest BCUT2D eigenvalue weighted by molar-refractivity contribution is 5.85. The Balaban J connectivity index is 0.00000280. The molecule has 1 aliphatic rings. The van der Waals surface area contributed by atoms with Crippen LogP contribution in [0.1, 0.15) is 42.9 Å². The molecule has 3 rings (SSSR count). The van der Waals surface area contributed by atoms with Crippen LogP contribution in [0.25, 0.3) is 0 Å². The first-order valence-electron chi connectivity index (χ1n) is 9.65. The fourth-order valence-corrected chi connectivity index (χ4v) is 4.52. The van der Waals surface area contributed by atoms with E-state index >= 15 is 0 Å². The van der Waals surface area contributed by atoms with Crippen LogP contribution < -0.4 is 9.47 Å². The van der Waals surface area contributed by atoms with Crippen LogP contribution in [0.4, 0.5) is 0 Å². The van der Waals surface area contributed by atoms with E-state index in [2.05, 4.69) is 49.3 Å². The SMILES string of the molecule is COc1ccc(OC)c(C2(O)CCC(C(c3ccccc3)N(C)C)CC2)c1.Cl. The quantitative estimate of drug-likeness (QED) is 0.749. The predicted octanol–water partition coefficient (Wildman–Crippen LogP) is 4.81. The summed E-state index contributed by atoms with van der Waals surface area (Å²) in [5, 5.41) is 11.4. The van der Waals surface area contributed by atoms with E-state index < -0.39 is 5.60 Å². The minimum atomic E-state index is -0.871. The number of halogens is 1. The molecule has 0 saturated heterocycles. The van der Waals surface area contributed by atoms with Gasteiger partial charge in [-0.3, -0.25) is 0 Å². The molecule has 1 fully saturated rings. The lowest BCUT2D eigenvalue weighted by Crippen LogP contribution is -2.36. The van der Waals surface area contributed by atoms with E-state index in [0.717, 1.165) is 42.7 Å². The summed E-state index contributed by atoms with van der Waals surface area (Å²) in [6.45, 7) is 0. The van der Waals surface area contributed by atoms with Crippen LogP contribution in [0, 0.1) is 5.92 Å². The Bertz CT molecular complexity index is 743. The average molecular weight is 406 g/mol. The zero-order valence-electron chi connectivity index (χ0n) is 17.2. The lowest BCUT2D eigenvalue weighted by molar-refractivity contribution is -0.0270. The number of hydrogen-bond acceptors (Lipinski definition) is 4. The molecule has 1 saturated carbocycles. The van der Waals surface area contributed by atoms with Gasteiger partial charge in [-0.25, -0.2) is 0 Å². The van der Waals surface area contributed by atoms with Gasteiger partial charge in [0.1, 0.15) is 11.5 Å². The largest absolute Gasteiger partial charge is 0.497 e. The summed E-state index contributed by atoms with van der Waals surface area (Å²) in [5.41, 5.74) is 1.31. The van der Waals surface area contributed by atoms with Crippen molar-refractivity contribution < 1.29 is 14.6 Å². The fourth-order valence-electron chi connectivity index (χ4n) is 4.52. The first-order valence-corrected chi connectivity index (χ1v) is 9.65. The van der Waals surface area contributed by atoms with Crippen LogP contribution in [-0.2, 0) is 5.60 Å². The minimum Gasteiger partial charge on any atom is -0.497 e. The monoisotopic (exact) mass is 405 g/mol. The zero-order chi connectivity index (χ0) is 19.4. The molecule has 1 unspecified atom stereocenters. The van der Waals surface area contributed by atoms with Crippen molar-refractivity contribution in [1.82, 2.24) is 4.90 Å². The lowest BCUT2D eigenvalue weighted by Gasteiger charge is -2.42. The summed E-state index contributed by atoms with van der Waals surface area (Å²) in [6, 6.07) is 16.7. The second-order valence-electron chi connectivity index (χ2n) is 7.75. The Kier molecular flexibility index (Phi) is 7.76. The summed E-state index contributed by atoms with van der Waals surface area (Å²) in [5.74, 6) is 1.99. The van der Waals surface area contributed by atoms with Gasteiger partial charge >= 0.3 is 0 Å². The lowest BCUT2D eigenvalue weighted by atomic mass is 9.71. The fraction of sp³-hybridized carbons (Fsp3) is 0.478. The molecule has 0 spiro atoms. The average Bonchev–Trinajstić information content (AvgIpc) is 2.70. The van der Waals surface area contributed by atoms with Crippen molar-refractivity contribution in [1.29, 1.82) is 0 Å². The van der Waals surface area contributed by atoms with Gasteiger partial charge in [0, 0.05) is 11.6 Å². The highest BCUT2D eigenvalue weighted by Crippen LogP contribution is 2.47. The molecule has 5 heteroatoms. The first kappa shape index (κ1) is 22.5. The van der Waals surface area contributed by atoms with E-state index in [0.29, 0.717) is 12.0 Å². The molecule has 154 valence electrons. The molecule has 0 bridgehead atoms. The molecule has 0 amide bonds. The molecule has 2 aromatic rings. The van der Waals surface area contributed by atoms with Gasteiger partial charge in [0.15, 0.2) is 0 Å². The van der Waals surface area contributed by atoms with Gasteiger partial charge < -0.3 is 19.5 Å². The number of hydrogen-bond donors (Lipinski definition) is 1. The molecule has 0 aromatic heterocycles. The maximum absolute atomic E-state index is 11.4. The number of ether oxygens (including phenoxy) is 2. The number of nitrogens with zero attached hydrogens (tertiary/aromatic N) is 1. The highest BCUT2D eigenvalue weighted by atomic mass is 35.5. The molecule has 0 heterocycles. The van der Waals surface area contributed by atoms with Gasteiger partial charge in [-0.2, -0.15) is 0 Å². The van der Waals surface area contributed by atoms with Gasteiger partial charge in [0.05, 0.1) is 19.8 Å². The third kappa shape index (κ3) is 4.62. The standard InChI is InChI=1S/C23H31NO3.ClH/c1-24(2)22(17-8-6-5-7-9-17)18-12-14-23(25,15-13-18)20-16-19(26-3)10-11-21(20)27-4;/h5-11,16,18,22,25H,12-15H2,1-4H3;1H. The van der Waals surface area contributed by atoms with E-state index in [1.165, 1.54) is 5.56 Å². The summed E-state index contributed by atoms with van der Waals surface area (Å²) in [6.07, 6.45) is 3.37. The molecule has 0 radical (unpaired) electrons. The molecular formula is C23H32ClNO3. The van der Waals surface area contributed by atoms with Crippen molar-refractivity contribution >= 4 is 12.4 Å². The van der Waals surface area contributed by atoms with Crippen molar-refractivity contribution in [2.75, 3.05) is 28.3 Å². The first-order chi connectivity index (χ1) is 13.0. The van der Waals surface area contributed by atoms with Crippen LogP contribution in [0.3, 0.4) is 0 Å². The Hall–Kier alpha value is -1.75. The number of aliphatic hydroxyl groups is 1. The van der Waals surface area contributed by atoms with Gasteiger partial charge in [0.2, 0.25) is 0 Å². The van der Waals surface area contributed by atoms with Gasteiger partial charge in [-0.15, -0.1) is 12.4 Å². The van der Waals surface area contributed by atoms with Crippen LogP contribution in [-0.4, -0.2) is 38.3 Å². The molecule has 0 aliphatic heterocycles. The van der Waals surface area contributed by atoms with Crippen molar-refractivity contribution in [2.24, 2.45) is 5.92 Å². The van der Waals surface area contributed by atoms with Crippen LogP contribution in [0.15, 0.2) is 48.5 Å². The van der Waals surface area contributed by atoms with Crippen molar-refractivity contribution in [2.45, 2.75) is 37.3 Å². The predicted molar refractivity (Wildman–Crippen MR) is 116 cm³/mol. The highest BCUT2D eigenvalue weighted by Gasteiger charge is 2.40. The summed E-state index contributed by atoms with van der Waals surface area (Å²) >= 11 is 0. The van der Waals surface area contributed by atoms with Crippen molar-refractivity contribution in [3.8, 4) is 11.5 Å². The molecule has 1 aliphatic carbocycles. The van der Waals surface area contributed by atoms with E-state index in [4.69, 9.17) is 9.47 Å². The molecule has 4 nitrogen and oxygen atoms in total. The number of methoxy groups -OCH3 is 2. The molecule has 1 N–H and O–H groups in total. The second-order valence-corrected chi connectivity index (χ2v) is 7.75. The Morgan fingerprint density at radius 1 is 1.00 bits per heavy atom. The Morgan fingerprint density at radius 2 is 1.64 bits per heavy atom. The van der Waals surface area contributed by atoms with Gasteiger partial charge in [-0.05, 0) is 69.5 Å². The van der Waals surface area contributed by atoms with Crippen LogP contribution in [0.5, 0.6) is 11.5 Å². The van der Waals surface area contributed by atoms with E-state index in [-0.39, 0.29) is 12.4 Å². The summed E-state index contributed by atoms with van der Waals surface area (Å²) < 4.78 is 10.9.